The third kappa shape index (κ3) is 4.22. The molecule has 0 aliphatic carbocycles. The van der Waals surface area contributed by atoms with Gasteiger partial charge < -0.3 is 9.64 Å². The summed E-state index contributed by atoms with van der Waals surface area (Å²) in [5.41, 5.74) is 3.20. The first-order valence-electron chi connectivity index (χ1n) is 9.26. The van der Waals surface area contributed by atoms with Crippen LogP contribution in [0.15, 0.2) is 54.6 Å². The quantitative estimate of drug-likeness (QED) is 0.728. The molecule has 0 bridgehead atoms. The van der Waals surface area contributed by atoms with Gasteiger partial charge in [0.1, 0.15) is 0 Å². The first-order chi connectivity index (χ1) is 12.2. The summed E-state index contributed by atoms with van der Waals surface area (Å²) >= 11 is 0. The first-order valence-corrected chi connectivity index (χ1v) is 9.26. The molecule has 132 valence electrons. The zero-order chi connectivity index (χ0) is 17.6. The number of carbonyl (C=O) groups excluding carboxylic acids is 1. The zero-order valence-electron chi connectivity index (χ0n) is 15.2. The van der Waals surface area contributed by atoms with Gasteiger partial charge in [0.2, 0.25) is 0 Å². The van der Waals surface area contributed by atoms with E-state index in [1.165, 1.54) is 18.4 Å². The monoisotopic (exact) mass is 337 g/mol. The highest BCUT2D eigenvalue weighted by Crippen LogP contribution is 2.33. The molecule has 1 heterocycles. The lowest BCUT2D eigenvalue weighted by molar-refractivity contribution is 0.0526. The molecule has 2 aromatic rings. The maximum Gasteiger partial charge on any atom is 0.338 e. The van der Waals surface area contributed by atoms with Crippen molar-refractivity contribution >= 4 is 11.7 Å². The van der Waals surface area contributed by atoms with Crippen molar-refractivity contribution in [2.75, 3.05) is 24.6 Å². The lowest BCUT2D eigenvalue weighted by Gasteiger charge is -2.36. The molecular formula is C22H27NO2. The van der Waals surface area contributed by atoms with E-state index in [1.807, 2.05) is 25.1 Å². The summed E-state index contributed by atoms with van der Waals surface area (Å²) in [6.45, 7) is 6.66. The second kappa shape index (κ2) is 8.19. The third-order valence-electron chi connectivity index (χ3n) is 5.29. The van der Waals surface area contributed by atoms with Crippen LogP contribution >= 0.6 is 0 Å². The van der Waals surface area contributed by atoms with E-state index in [2.05, 4.69) is 48.2 Å². The van der Waals surface area contributed by atoms with Gasteiger partial charge in [-0.1, -0.05) is 43.3 Å². The maximum absolute atomic E-state index is 11.9. The summed E-state index contributed by atoms with van der Waals surface area (Å²) in [5.74, 6) is 1.07. The van der Waals surface area contributed by atoms with Gasteiger partial charge in [0.15, 0.2) is 0 Å². The fraction of sp³-hybridized carbons (Fsp3) is 0.409. The molecule has 3 heteroatoms. The van der Waals surface area contributed by atoms with Crippen LogP contribution in [0.1, 0.15) is 48.5 Å². The molecule has 3 nitrogen and oxygen atoms in total. The minimum atomic E-state index is -0.239. The van der Waals surface area contributed by atoms with Gasteiger partial charge in [0, 0.05) is 18.8 Å². The van der Waals surface area contributed by atoms with Gasteiger partial charge >= 0.3 is 5.97 Å². The molecule has 1 saturated heterocycles. The molecule has 25 heavy (non-hydrogen) atoms. The second-order valence-electron chi connectivity index (χ2n) is 6.79. The number of ether oxygens (including phenoxy) is 1. The van der Waals surface area contributed by atoms with E-state index in [-0.39, 0.29) is 5.97 Å². The highest BCUT2D eigenvalue weighted by molar-refractivity contribution is 5.90. The Labute approximate surface area is 150 Å². The normalized spacial score (nSPS) is 16.5. The molecule has 1 atom stereocenters. The number of rotatable bonds is 5. The average molecular weight is 337 g/mol. The topological polar surface area (TPSA) is 29.5 Å². The fourth-order valence-corrected chi connectivity index (χ4v) is 3.73. The van der Waals surface area contributed by atoms with Crippen molar-refractivity contribution in [2.24, 2.45) is 5.92 Å². The van der Waals surface area contributed by atoms with Gasteiger partial charge in [-0.3, -0.25) is 0 Å². The number of nitrogens with zero attached hydrogens (tertiary/aromatic N) is 1. The number of hydrogen-bond acceptors (Lipinski definition) is 3. The van der Waals surface area contributed by atoms with Crippen LogP contribution in [-0.2, 0) is 4.74 Å². The van der Waals surface area contributed by atoms with Crippen LogP contribution in [0.5, 0.6) is 0 Å². The zero-order valence-corrected chi connectivity index (χ0v) is 15.2. The van der Waals surface area contributed by atoms with Crippen LogP contribution in [0.4, 0.5) is 5.69 Å². The number of anilines is 1. The summed E-state index contributed by atoms with van der Waals surface area (Å²) in [6.07, 6.45) is 2.36. The average Bonchev–Trinajstić information content (AvgIpc) is 2.68. The molecule has 0 radical (unpaired) electrons. The molecular weight excluding hydrogens is 310 g/mol. The molecule has 1 aliphatic heterocycles. The standard InChI is InChI=1S/C22H27NO2/c1-3-25-22(24)20-10-7-11-21(16-20)23-14-12-19(13-15-23)17(2)18-8-5-4-6-9-18/h4-11,16-17,19H,3,12-15H2,1-2H3. The van der Waals surface area contributed by atoms with Crippen LogP contribution in [-0.4, -0.2) is 25.7 Å². The Morgan fingerprint density at radius 2 is 1.84 bits per heavy atom. The van der Waals surface area contributed by atoms with Crippen molar-refractivity contribution in [3.8, 4) is 0 Å². The van der Waals surface area contributed by atoms with Gasteiger partial charge in [0.25, 0.3) is 0 Å². The summed E-state index contributed by atoms with van der Waals surface area (Å²) < 4.78 is 5.11. The summed E-state index contributed by atoms with van der Waals surface area (Å²) in [4.78, 5) is 14.3. The molecule has 0 saturated carbocycles. The van der Waals surface area contributed by atoms with Crippen molar-refractivity contribution in [2.45, 2.75) is 32.6 Å². The first kappa shape index (κ1) is 17.5. The Bertz CT molecular complexity index is 690. The van der Waals surface area contributed by atoms with Crippen molar-refractivity contribution in [1.29, 1.82) is 0 Å². The molecule has 2 aromatic carbocycles. The predicted octanol–water partition coefficient (Wildman–Crippen LogP) is 4.88. The van der Waals surface area contributed by atoms with E-state index in [1.54, 1.807) is 0 Å². The lowest BCUT2D eigenvalue weighted by Crippen LogP contribution is -2.35. The summed E-state index contributed by atoms with van der Waals surface area (Å²) in [6, 6.07) is 18.6. The molecule has 0 spiro atoms. The highest BCUT2D eigenvalue weighted by atomic mass is 16.5. The number of hydrogen-bond donors (Lipinski definition) is 0. The largest absolute Gasteiger partial charge is 0.462 e. The van der Waals surface area contributed by atoms with Gasteiger partial charge in [-0.05, 0) is 55.4 Å². The van der Waals surface area contributed by atoms with E-state index in [4.69, 9.17) is 4.74 Å². The van der Waals surface area contributed by atoms with E-state index in [0.29, 0.717) is 24.0 Å². The van der Waals surface area contributed by atoms with Crippen molar-refractivity contribution in [3.05, 3.63) is 65.7 Å². The van der Waals surface area contributed by atoms with Gasteiger partial charge in [-0.25, -0.2) is 4.79 Å². The van der Waals surface area contributed by atoms with Crippen LogP contribution in [0.2, 0.25) is 0 Å². The van der Waals surface area contributed by atoms with Crippen molar-refractivity contribution in [3.63, 3.8) is 0 Å². The van der Waals surface area contributed by atoms with E-state index in [9.17, 15) is 4.79 Å². The Morgan fingerprint density at radius 3 is 2.52 bits per heavy atom. The smallest absolute Gasteiger partial charge is 0.338 e. The molecule has 1 aliphatic rings. The molecule has 1 unspecified atom stereocenters. The Kier molecular flexibility index (Phi) is 5.75. The predicted molar refractivity (Wildman–Crippen MR) is 102 cm³/mol. The minimum absolute atomic E-state index is 0.239. The van der Waals surface area contributed by atoms with E-state index in [0.717, 1.165) is 18.8 Å². The van der Waals surface area contributed by atoms with Crippen LogP contribution in [0, 0.1) is 5.92 Å². The maximum atomic E-state index is 11.9. The van der Waals surface area contributed by atoms with E-state index < -0.39 is 0 Å². The number of benzene rings is 2. The number of carbonyl (C=O) groups is 1. The third-order valence-corrected chi connectivity index (χ3v) is 5.29. The molecule has 0 amide bonds. The Hall–Kier alpha value is -2.29. The van der Waals surface area contributed by atoms with E-state index >= 15 is 0 Å². The van der Waals surface area contributed by atoms with Crippen LogP contribution in [0.3, 0.4) is 0 Å². The highest BCUT2D eigenvalue weighted by Gasteiger charge is 2.25. The molecule has 1 fully saturated rings. The number of piperidine rings is 1. The Morgan fingerprint density at radius 1 is 1.12 bits per heavy atom. The van der Waals surface area contributed by atoms with Crippen molar-refractivity contribution < 1.29 is 9.53 Å². The SMILES string of the molecule is CCOC(=O)c1cccc(N2CCC(C(C)c3ccccc3)CC2)c1. The lowest BCUT2D eigenvalue weighted by atomic mass is 9.81. The molecule has 0 aromatic heterocycles. The second-order valence-corrected chi connectivity index (χ2v) is 6.79. The molecule has 0 N–H and O–H groups in total. The number of esters is 1. The summed E-state index contributed by atoms with van der Waals surface area (Å²) in [5, 5.41) is 0. The van der Waals surface area contributed by atoms with Gasteiger partial charge in [-0.2, -0.15) is 0 Å². The molecule has 3 rings (SSSR count). The van der Waals surface area contributed by atoms with Crippen LogP contribution in [0.25, 0.3) is 0 Å². The summed E-state index contributed by atoms with van der Waals surface area (Å²) in [7, 11) is 0. The van der Waals surface area contributed by atoms with Gasteiger partial charge in [0.05, 0.1) is 12.2 Å². The van der Waals surface area contributed by atoms with Crippen molar-refractivity contribution in [1.82, 2.24) is 0 Å². The minimum Gasteiger partial charge on any atom is -0.462 e. The van der Waals surface area contributed by atoms with Gasteiger partial charge in [-0.15, -0.1) is 0 Å². The Balaban J connectivity index is 1.62. The fourth-order valence-electron chi connectivity index (χ4n) is 3.73. The van der Waals surface area contributed by atoms with Crippen LogP contribution < -0.4 is 4.90 Å².